The maximum Gasteiger partial charge on any atom is 0.241 e. The standard InChI is InChI=1S/C12H16BrNO2S2/c1-9-11(7-12(13)17-9)18(15,16)14-8-10-5-3-2-4-6-10/h2-3,7,10,14H,4-6,8H2,1H3. The number of hydrogen-bond acceptors (Lipinski definition) is 3. The summed E-state index contributed by atoms with van der Waals surface area (Å²) in [5.41, 5.74) is 0. The molecule has 0 saturated carbocycles. The van der Waals surface area contributed by atoms with E-state index in [-0.39, 0.29) is 0 Å². The van der Waals surface area contributed by atoms with Gasteiger partial charge in [-0.2, -0.15) is 0 Å². The number of hydrogen-bond donors (Lipinski definition) is 1. The fourth-order valence-corrected chi connectivity index (χ4v) is 5.57. The first-order valence-electron chi connectivity index (χ1n) is 5.89. The molecule has 1 aromatic rings. The van der Waals surface area contributed by atoms with Gasteiger partial charge in [-0.25, -0.2) is 13.1 Å². The lowest BCUT2D eigenvalue weighted by molar-refractivity contribution is 0.468. The van der Waals surface area contributed by atoms with Crippen LogP contribution in [0.4, 0.5) is 0 Å². The van der Waals surface area contributed by atoms with Gasteiger partial charge in [-0.15, -0.1) is 11.3 Å². The van der Waals surface area contributed by atoms with Crippen LogP contribution in [0.5, 0.6) is 0 Å². The maximum atomic E-state index is 12.2. The minimum atomic E-state index is -3.36. The Kier molecular flexibility index (Phi) is 4.64. The first-order valence-corrected chi connectivity index (χ1v) is 8.99. The van der Waals surface area contributed by atoms with Crippen molar-refractivity contribution in [3.63, 3.8) is 0 Å². The summed E-state index contributed by atoms with van der Waals surface area (Å²) in [6.45, 7) is 2.35. The minimum absolute atomic E-state index is 0.394. The van der Waals surface area contributed by atoms with E-state index in [9.17, 15) is 8.42 Å². The summed E-state index contributed by atoms with van der Waals surface area (Å²) in [5, 5.41) is 0. The first-order chi connectivity index (χ1) is 8.49. The molecule has 0 aromatic carbocycles. The molecular formula is C12H16BrNO2S2. The zero-order valence-corrected chi connectivity index (χ0v) is 13.4. The second kappa shape index (κ2) is 5.86. The topological polar surface area (TPSA) is 46.2 Å². The van der Waals surface area contributed by atoms with E-state index in [1.807, 2.05) is 6.92 Å². The van der Waals surface area contributed by atoms with Gasteiger partial charge in [0.1, 0.15) is 0 Å². The van der Waals surface area contributed by atoms with Crippen molar-refractivity contribution >= 4 is 37.3 Å². The van der Waals surface area contributed by atoms with Gasteiger partial charge in [0.2, 0.25) is 10.0 Å². The molecule has 0 radical (unpaired) electrons. The number of thiophene rings is 1. The smallest absolute Gasteiger partial charge is 0.211 e. The average molecular weight is 350 g/mol. The van der Waals surface area contributed by atoms with Crippen LogP contribution in [0.1, 0.15) is 24.1 Å². The van der Waals surface area contributed by atoms with Crippen LogP contribution in [0.15, 0.2) is 26.9 Å². The highest BCUT2D eigenvalue weighted by Gasteiger charge is 2.21. The van der Waals surface area contributed by atoms with Crippen LogP contribution in [0.3, 0.4) is 0 Å². The third kappa shape index (κ3) is 3.44. The molecule has 1 unspecified atom stereocenters. The molecule has 18 heavy (non-hydrogen) atoms. The van der Waals surface area contributed by atoms with Gasteiger partial charge in [-0.3, -0.25) is 0 Å². The van der Waals surface area contributed by atoms with Crippen molar-refractivity contribution in [2.75, 3.05) is 6.54 Å². The van der Waals surface area contributed by atoms with Gasteiger partial charge < -0.3 is 0 Å². The number of aryl methyl sites for hydroxylation is 1. The largest absolute Gasteiger partial charge is 0.241 e. The van der Waals surface area contributed by atoms with Crippen molar-refractivity contribution in [1.82, 2.24) is 4.72 Å². The Hall–Kier alpha value is -0.170. The fourth-order valence-electron chi connectivity index (χ4n) is 2.04. The Morgan fingerprint density at radius 2 is 2.28 bits per heavy atom. The summed E-state index contributed by atoms with van der Waals surface area (Å²) in [6.07, 6.45) is 7.37. The van der Waals surface area contributed by atoms with Crippen molar-refractivity contribution in [3.05, 3.63) is 26.9 Å². The summed E-state index contributed by atoms with van der Waals surface area (Å²) in [7, 11) is -3.36. The molecule has 1 aliphatic carbocycles. The van der Waals surface area contributed by atoms with Crippen molar-refractivity contribution in [2.45, 2.75) is 31.1 Å². The van der Waals surface area contributed by atoms with Crippen molar-refractivity contribution in [3.8, 4) is 0 Å². The van der Waals surface area contributed by atoms with Gasteiger partial charge in [0.15, 0.2) is 0 Å². The summed E-state index contributed by atoms with van der Waals surface area (Å²) < 4.78 is 27.9. The lowest BCUT2D eigenvalue weighted by Crippen LogP contribution is -2.29. The molecular weight excluding hydrogens is 334 g/mol. The molecule has 0 aliphatic heterocycles. The van der Waals surface area contributed by atoms with Crippen LogP contribution < -0.4 is 4.72 Å². The molecule has 3 nitrogen and oxygen atoms in total. The molecule has 0 spiro atoms. The lowest BCUT2D eigenvalue weighted by Gasteiger charge is -2.18. The van der Waals surface area contributed by atoms with Crippen molar-refractivity contribution in [2.24, 2.45) is 5.92 Å². The number of rotatable bonds is 4. The van der Waals surface area contributed by atoms with Gasteiger partial charge in [0.05, 0.1) is 8.68 Å². The van der Waals surface area contributed by atoms with Crippen LogP contribution in [0.2, 0.25) is 0 Å². The quantitative estimate of drug-likeness (QED) is 0.846. The van der Waals surface area contributed by atoms with E-state index in [4.69, 9.17) is 0 Å². The van der Waals surface area contributed by atoms with Crippen LogP contribution in [-0.2, 0) is 10.0 Å². The molecule has 1 N–H and O–H groups in total. The van der Waals surface area contributed by atoms with Gasteiger partial charge >= 0.3 is 0 Å². The second-order valence-corrected chi connectivity index (χ2v) is 8.84. The predicted molar refractivity (Wildman–Crippen MR) is 78.4 cm³/mol. The number of sulfonamides is 1. The molecule has 6 heteroatoms. The molecule has 0 fully saturated rings. The predicted octanol–water partition coefficient (Wildman–Crippen LogP) is 3.45. The number of halogens is 1. The third-order valence-corrected chi connectivity index (χ3v) is 6.30. The summed E-state index contributed by atoms with van der Waals surface area (Å²) in [5.74, 6) is 0.423. The highest BCUT2D eigenvalue weighted by Crippen LogP contribution is 2.29. The van der Waals surface area contributed by atoms with Gasteiger partial charge in [-0.1, -0.05) is 12.2 Å². The van der Waals surface area contributed by atoms with E-state index in [0.29, 0.717) is 17.4 Å². The van der Waals surface area contributed by atoms with E-state index in [1.165, 1.54) is 11.3 Å². The van der Waals surface area contributed by atoms with E-state index < -0.39 is 10.0 Å². The van der Waals surface area contributed by atoms with Gasteiger partial charge in [-0.05, 0) is 54.1 Å². The Labute approximate surface area is 120 Å². The van der Waals surface area contributed by atoms with E-state index in [1.54, 1.807) is 6.07 Å². The molecule has 0 amide bonds. The lowest BCUT2D eigenvalue weighted by atomic mass is 9.95. The van der Waals surface area contributed by atoms with E-state index in [0.717, 1.165) is 27.9 Å². The molecule has 0 bridgehead atoms. The van der Waals surface area contributed by atoms with Crippen molar-refractivity contribution in [1.29, 1.82) is 0 Å². The SMILES string of the molecule is Cc1sc(Br)cc1S(=O)(=O)NCC1CC=CCC1. The molecule has 1 aliphatic rings. The zero-order chi connectivity index (χ0) is 13.2. The normalized spacial score (nSPS) is 20.2. The molecule has 1 atom stereocenters. The number of allylic oxidation sites excluding steroid dienone is 2. The highest BCUT2D eigenvalue weighted by molar-refractivity contribution is 9.11. The molecule has 100 valence electrons. The summed E-state index contributed by atoms with van der Waals surface area (Å²) >= 11 is 4.76. The van der Waals surface area contributed by atoms with Crippen molar-refractivity contribution < 1.29 is 8.42 Å². The van der Waals surface area contributed by atoms with Crippen LogP contribution in [0, 0.1) is 12.8 Å². The molecule has 1 heterocycles. The van der Waals surface area contributed by atoms with Gasteiger partial charge in [0.25, 0.3) is 0 Å². The highest BCUT2D eigenvalue weighted by atomic mass is 79.9. The van der Waals surface area contributed by atoms with Crippen LogP contribution >= 0.6 is 27.3 Å². The molecule has 0 saturated heterocycles. The Balaban J connectivity index is 2.03. The average Bonchev–Trinajstić information content (AvgIpc) is 2.68. The fraction of sp³-hybridized carbons (Fsp3) is 0.500. The second-order valence-electron chi connectivity index (χ2n) is 4.47. The molecule has 2 rings (SSSR count). The monoisotopic (exact) mass is 349 g/mol. The van der Waals surface area contributed by atoms with E-state index in [2.05, 4.69) is 32.8 Å². The Morgan fingerprint density at radius 3 is 2.83 bits per heavy atom. The zero-order valence-electron chi connectivity index (χ0n) is 10.1. The summed E-state index contributed by atoms with van der Waals surface area (Å²) in [6, 6.07) is 1.67. The first kappa shape index (κ1) is 14.2. The van der Waals surface area contributed by atoms with Crippen LogP contribution in [0.25, 0.3) is 0 Å². The summed E-state index contributed by atoms with van der Waals surface area (Å²) in [4.78, 5) is 1.21. The molecule has 1 aromatic heterocycles. The Bertz CT molecular complexity index is 548. The van der Waals surface area contributed by atoms with Crippen LogP contribution in [-0.4, -0.2) is 15.0 Å². The minimum Gasteiger partial charge on any atom is -0.211 e. The maximum absolute atomic E-state index is 12.2. The van der Waals surface area contributed by atoms with Gasteiger partial charge in [0, 0.05) is 11.4 Å². The Morgan fingerprint density at radius 1 is 1.50 bits per heavy atom. The van der Waals surface area contributed by atoms with E-state index >= 15 is 0 Å². The third-order valence-electron chi connectivity index (χ3n) is 3.07. The number of nitrogens with one attached hydrogen (secondary N) is 1.